The molecule has 1 aliphatic carbocycles. The second-order valence-electron chi connectivity index (χ2n) is 5.42. The van der Waals surface area contributed by atoms with Gasteiger partial charge in [-0.25, -0.2) is 13.1 Å². The van der Waals surface area contributed by atoms with Crippen molar-refractivity contribution in [2.75, 3.05) is 24.6 Å². The van der Waals surface area contributed by atoms with Crippen LogP contribution in [0.1, 0.15) is 19.3 Å². The van der Waals surface area contributed by atoms with Crippen LogP contribution in [0.2, 0.25) is 0 Å². The number of anilines is 1. The molecule has 1 saturated carbocycles. The molecule has 1 aliphatic rings. The van der Waals surface area contributed by atoms with Gasteiger partial charge in [-0.3, -0.25) is 0 Å². The summed E-state index contributed by atoms with van der Waals surface area (Å²) >= 11 is 0. The molecule has 2 rings (SSSR count). The van der Waals surface area contributed by atoms with Crippen LogP contribution in [0, 0.1) is 5.92 Å². The molecule has 1 fully saturated rings. The van der Waals surface area contributed by atoms with E-state index in [0.29, 0.717) is 24.4 Å². The number of hydrogen-bond acceptors (Lipinski definition) is 5. The summed E-state index contributed by atoms with van der Waals surface area (Å²) in [5.74, 6) is 0.734. The molecule has 0 aromatic heterocycles. The van der Waals surface area contributed by atoms with Crippen molar-refractivity contribution in [1.29, 1.82) is 0 Å². The van der Waals surface area contributed by atoms with Gasteiger partial charge >= 0.3 is 0 Å². The molecular formula is C14H22N2O4S. The third-order valence-corrected chi connectivity index (χ3v) is 4.92. The fraction of sp³-hybridized carbons (Fsp3) is 0.571. The zero-order chi connectivity index (χ0) is 15.3. The molecule has 7 heteroatoms. The van der Waals surface area contributed by atoms with Crippen molar-refractivity contribution in [3.8, 4) is 5.75 Å². The van der Waals surface area contributed by atoms with Crippen LogP contribution in [-0.4, -0.2) is 38.5 Å². The topological polar surface area (TPSA) is 102 Å². The van der Waals surface area contributed by atoms with Crippen LogP contribution in [0.4, 0.5) is 5.69 Å². The Labute approximate surface area is 125 Å². The molecule has 1 aromatic rings. The van der Waals surface area contributed by atoms with Crippen LogP contribution < -0.4 is 15.2 Å². The predicted octanol–water partition coefficient (Wildman–Crippen LogP) is 0.728. The van der Waals surface area contributed by atoms with Gasteiger partial charge in [0.1, 0.15) is 12.4 Å². The molecule has 1 aromatic carbocycles. The molecule has 21 heavy (non-hydrogen) atoms. The Morgan fingerprint density at radius 3 is 2.62 bits per heavy atom. The number of nitrogen functional groups attached to an aromatic ring is 1. The van der Waals surface area contributed by atoms with Gasteiger partial charge in [-0.15, -0.1) is 0 Å². The fourth-order valence-corrected chi connectivity index (χ4v) is 3.32. The summed E-state index contributed by atoms with van der Waals surface area (Å²) in [6.45, 7) is 0.480. The molecule has 0 aliphatic heterocycles. The molecule has 0 heterocycles. The number of nitrogens with two attached hydrogens (primary N) is 1. The molecule has 2 unspecified atom stereocenters. The average molecular weight is 314 g/mol. The summed E-state index contributed by atoms with van der Waals surface area (Å²) in [7, 11) is -3.35. The Balaban J connectivity index is 1.70. The van der Waals surface area contributed by atoms with Crippen molar-refractivity contribution < 1.29 is 18.3 Å². The van der Waals surface area contributed by atoms with E-state index >= 15 is 0 Å². The van der Waals surface area contributed by atoms with Gasteiger partial charge < -0.3 is 15.6 Å². The SMILES string of the molecule is Nc1ccc(OCCS(=O)(=O)NCC2CCC(O)C2)cc1. The first-order chi connectivity index (χ1) is 9.94. The van der Waals surface area contributed by atoms with Crippen LogP contribution in [-0.2, 0) is 10.0 Å². The highest BCUT2D eigenvalue weighted by Crippen LogP contribution is 2.24. The lowest BCUT2D eigenvalue weighted by Gasteiger charge is -2.12. The summed E-state index contributed by atoms with van der Waals surface area (Å²) < 4.78 is 31.6. The van der Waals surface area contributed by atoms with Crippen molar-refractivity contribution in [3.05, 3.63) is 24.3 Å². The molecule has 6 nitrogen and oxygen atoms in total. The lowest BCUT2D eigenvalue weighted by atomic mass is 10.1. The molecule has 0 amide bonds. The van der Waals surface area contributed by atoms with Crippen molar-refractivity contribution in [1.82, 2.24) is 4.72 Å². The third-order valence-electron chi connectivity index (χ3n) is 3.61. The van der Waals surface area contributed by atoms with Gasteiger partial charge in [0.2, 0.25) is 10.0 Å². The van der Waals surface area contributed by atoms with Gasteiger partial charge in [0.25, 0.3) is 0 Å². The molecule has 0 radical (unpaired) electrons. The zero-order valence-corrected chi connectivity index (χ0v) is 12.7. The van der Waals surface area contributed by atoms with Crippen molar-refractivity contribution in [2.24, 2.45) is 5.92 Å². The Bertz CT molecular complexity index is 545. The lowest BCUT2D eigenvalue weighted by molar-refractivity contribution is 0.178. The van der Waals surface area contributed by atoms with E-state index in [1.807, 2.05) is 0 Å². The molecular weight excluding hydrogens is 292 g/mol. The van der Waals surface area contributed by atoms with Crippen LogP contribution >= 0.6 is 0 Å². The number of nitrogens with one attached hydrogen (secondary N) is 1. The summed E-state index contributed by atoms with van der Waals surface area (Å²) in [6, 6.07) is 6.81. The van der Waals surface area contributed by atoms with E-state index in [-0.39, 0.29) is 24.4 Å². The smallest absolute Gasteiger partial charge is 0.214 e. The molecule has 0 saturated heterocycles. The molecule has 2 atom stereocenters. The van der Waals surface area contributed by atoms with Crippen molar-refractivity contribution >= 4 is 15.7 Å². The maximum atomic E-state index is 11.8. The van der Waals surface area contributed by atoms with E-state index < -0.39 is 10.0 Å². The molecule has 0 spiro atoms. The van der Waals surface area contributed by atoms with Crippen LogP contribution in [0.15, 0.2) is 24.3 Å². The second-order valence-corrected chi connectivity index (χ2v) is 7.34. The Morgan fingerprint density at radius 2 is 2.00 bits per heavy atom. The summed E-state index contributed by atoms with van der Waals surface area (Å²) in [6.07, 6.45) is 2.01. The van der Waals surface area contributed by atoms with Crippen molar-refractivity contribution in [3.63, 3.8) is 0 Å². The third kappa shape index (κ3) is 5.53. The van der Waals surface area contributed by atoms with Crippen LogP contribution in [0.5, 0.6) is 5.75 Å². The van der Waals surface area contributed by atoms with Gasteiger partial charge in [0, 0.05) is 12.2 Å². The monoisotopic (exact) mass is 314 g/mol. The predicted molar refractivity (Wildman–Crippen MR) is 81.5 cm³/mol. The van der Waals surface area contributed by atoms with Crippen LogP contribution in [0.25, 0.3) is 0 Å². The summed E-state index contributed by atoms with van der Waals surface area (Å²) in [4.78, 5) is 0. The maximum absolute atomic E-state index is 11.8. The minimum atomic E-state index is -3.35. The Hall–Kier alpha value is -1.31. The molecule has 118 valence electrons. The normalized spacial score (nSPS) is 22.3. The highest BCUT2D eigenvalue weighted by Gasteiger charge is 2.24. The van der Waals surface area contributed by atoms with Crippen molar-refractivity contribution in [2.45, 2.75) is 25.4 Å². The highest BCUT2D eigenvalue weighted by molar-refractivity contribution is 7.89. The quantitative estimate of drug-likeness (QED) is 0.644. The van der Waals surface area contributed by atoms with E-state index in [2.05, 4.69) is 4.72 Å². The second kappa shape index (κ2) is 7.11. The van der Waals surface area contributed by atoms with E-state index in [9.17, 15) is 13.5 Å². The largest absolute Gasteiger partial charge is 0.492 e. The number of ether oxygens (including phenoxy) is 1. The molecule has 4 N–H and O–H groups in total. The number of sulfonamides is 1. The first kappa shape index (κ1) is 16.1. The zero-order valence-electron chi connectivity index (χ0n) is 11.9. The van der Waals surface area contributed by atoms with Gasteiger partial charge in [-0.1, -0.05) is 0 Å². The summed E-state index contributed by atoms with van der Waals surface area (Å²) in [5, 5.41) is 9.41. The number of aliphatic hydroxyl groups is 1. The maximum Gasteiger partial charge on any atom is 0.214 e. The number of rotatable bonds is 7. The Morgan fingerprint density at radius 1 is 1.29 bits per heavy atom. The van der Waals surface area contributed by atoms with Crippen LogP contribution in [0.3, 0.4) is 0 Å². The number of aliphatic hydroxyl groups excluding tert-OH is 1. The standard InChI is InChI=1S/C14H22N2O4S/c15-12-2-5-14(6-3-12)20-7-8-21(18,19)16-10-11-1-4-13(17)9-11/h2-3,5-6,11,13,16-17H,1,4,7-10,15H2. The number of hydrogen-bond donors (Lipinski definition) is 3. The lowest BCUT2D eigenvalue weighted by Crippen LogP contribution is -2.32. The van der Waals surface area contributed by atoms with Gasteiger partial charge in [0.05, 0.1) is 11.9 Å². The highest BCUT2D eigenvalue weighted by atomic mass is 32.2. The van der Waals surface area contributed by atoms with E-state index in [4.69, 9.17) is 10.5 Å². The fourth-order valence-electron chi connectivity index (χ4n) is 2.38. The average Bonchev–Trinajstić information content (AvgIpc) is 2.85. The van der Waals surface area contributed by atoms with Gasteiger partial charge in [-0.2, -0.15) is 0 Å². The minimum Gasteiger partial charge on any atom is -0.492 e. The van der Waals surface area contributed by atoms with E-state index in [1.165, 1.54) is 0 Å². The summed E-state index contributed by atoms with van der Waals surface area (Å²) in [5.41, 5.74) is 6.19. The first-order valence-corrected chi connectivity index (χ1v) is 8.73. The van der Waals surface area contributed by atoms with Gasteiger partial charge in [-0.05, 0) is 49.4 Å². The van der Waals surface area contributed by atoms with E-state index in [0.717, 1.165) is 12.8 Å². The minimum absolute atomic E-state index is 0.0898. The first-order valence-electron chi connectivity index (χ1n) is 7.08. The van der Waals surface area contributed by atoms with Gasteiger partial charge in [0.15, 0.2) is 0 Å². The number of benzene rings is 1. The Kier molecular flexibility index (Phi) is 5.44. The molecule has 0 bridgehead atoms. The van der Waals surface area contributed by atoms with E-state index in [1.54, 1.807) is 24.3 Å².